The van der Waals surface area contributed by atoms with E-state index in [0.29, 0.717) is 15.7 Å². The summed E-state index contributed by atoms with van der Waals surface area (Å²) in [6, 6.07) is 11.2. The number of nitrogen functional groups attached to an aromatic ring is 1. The van der Waals surface area contributed by atoms with Crippen molar-refractivity contribution in [2.45, 2.75) is 0 Å². The van der Waals surface area contributed by atoms with E-state index in [2.05, 4.69) is 4.98 Å². The maximum Gasteiger partial charge on any atom is 0.140 e. The first kappa shape index (κ1) is 12.3. The second-order valence-corrected chi connectivity index (χ2v) is 5.21. The average Bonchev–Trinajstić information content (AvgIpc) is 2.70. The van der Waals surface area contributed by atoms with Gasteiger partial charge in [0.2, 0.25) is 0 Å². The lowest BCUT2D eigenvalue weighted by Gasteiger charge is -2.04. The standard InChI is InChI=1S/C14H11Cl2N3/c1-19-13-5-3-9(15)7-12(13)18-14(19)8-2-4-11(17)10(16)6-8/h2-7H,17H2,1H3. The third-order valence-corrected chi connectivity index (χ3v) is 3.66. The van der Waals surface area contributed by atoms with Gasteiger partial charge in [-0.25, -0.2) is 4.98 Å². The van der Waals surface area contributed by atoms with E-state index in [0.717, 1.165) is 22.4 Å². The molecule has 1 aromatic heterocycles. The number of halogens is 2. The lowest BCUT2D eigenvalue weighted by atomic mass is 10.2. The molecule has 0 aliphatic carbocycles. The number of hydrogen-bond acceptors (Lipinski definition) is 2. The van der Waals surface area contributed by atoms with E-state index in [4.69, 9.17) is 28.9 Å². The maximum absolute atomic E-state index is 6.06. The van der Waals surface area contributed by atoms with Gasteiger partial charge in [-0.1, -0.05) is 23.2 Å². The molecule has 0 spiro atoms. The molecule has 0 bridgehead atoms. The van der Waals surface area contributed by atoms with Crippen molar-refractivity contribution in [1.29, 1.82) is 0 Å². The summed E-state index contributed by atoms with van der Waals surface area (Å²) in [6.07, 6.45) is 0. The van der Waals surface area contributed by atoms with E-state index in [1.165, 1.54) is 0 Å². The van der Waals surface area contributed by atoms with Crippen LogP contribution in [0.3, 0.4) is 0 Å². The number of hydrogen-bond donors (Lipinski definition) is 1. The Morgan fingerprint density at radius 1 is 1.11 bits per heavy atom. The summed E-state index contributed by atoms with van der Waals surface area (Å²) < 4.78 is 2.01. The number of aromatic nitrogens is 2. The Hall–Kier alpha value is -1.71. The van der Waals surface area contributed by atoms with Crippen LogP contribution in [0.15, 0.2) is 36.4 Å². The Balaban J connectivity index is 2.24. The van der Waals surface area contributed by atoms with Gasteiger partial charge in [-0.2, -0.15) is 0 Å². The summed E-state index contributed by atoms with van der Waals surface area (Å²) in [5.74, 6) is 0.833. The predicted octanol–water partition coefficient (Wildman–Crippen LogP) is 4.13. The van der Waals surface area contributed by atoms with E-state index >= 15 is 0 Å². The fourth-order valence-electron chi connectivity index (χ4n) is 2.10. The summed E-state index contributed by atoms with van der Waals surface area (Å²) in [4.78, 5) is 4.59. The molecule has 2 N–H and O–H groups in total. The number of benzene rings is 2. The first-order valence-electron chi connectivity index (χ1n) is 5.73. The van der Waals surface area contributed by atoms with Crippen molar-refractivity contribution in [3.63, 3.8) is 0 Å². The van der Waals surface area contributed by atoms with Gasteiger partial charge in [0.1, 0.15) is 5.82 Å². The molecule has 96 valence electrons. The fraction of sp³-hybridized carbons (Fsp3) is 0.0714. The topological polar surface area (TPSA) is 43.8 Å². The summed E-state index contributed by atoms with van der Waals surface area (Å²) >= 11 is 12.0. The van der Waals surface area contributed by atoms with E-state index in [-0.39, 0.29) is 0 Å². The van der Waals surface area contributed by atoms with Crippen LogP contribution in [0.2, 0.25) is 10.0 Å². The number of fused-ring (bicyclic) bond motifs is 1. The maximum atomic E-state index is 6.06. The van der Waals surface area contributed by atoms with E-state index in [1.54, 1.807) is 6.07 Å². The van der Waals surface area contributed by atoms with Gasteiger partial charge in [0.25, 0.3) is 0 Å². The molecule has 0 radical (unpaired) electrons. The number of aryl methyl sites for hydroxylation is 1. The zero-order chi connectivity index (χ0) is 13.6. The molecular weight excluding hydrogens is 281 g/mol. The lowest BCUT2D eigenvalue weighted by molar-refractivity contribution is 0.959. The van der Waals surface area contributed by atoms with Gasteiger partial charge < -0.3 is 10.3 Å². The van der Waals surface area contributed by atoms with Crippen molar-refractivity contribution in [1.82, 2.24) is 9.55 Å². The molecule has 0 unspecified atom stereocenters. The minimum Gasteiger partial charge on any atom is -0.398 e. The van der Waals surface area contributed by atoms with Gasteiger partial charge in [0.15, 0.2) is 0 Å². The molecule has 1 heterocycles. The second kappa shape index (κ2) is 4.44. The minimum atomic E-state index is 0.530. The highest BCUT2D eigenvalue weighted by molar-refractivity contribution is 6.33. The molecule has 2 aromatic carbocycles. The third-order valence-electron chi connectivity index (χ3n) is 3.10. The number of rotatable bonds is 1. The quantitative estimate of drug-likeness (QED) is 0.685. The summed E-state index contributed by atoms with van der Waals surface area (Å²) in [5, 5.41) is 1.20. The molecule has 3 aromatic rings. The number of nitrogens with two attached hydrogens (primary N) is 1. The first-order chi connectivity index (χ1) is 9.06. The summed E-state index contributed by atoms with van der Waals surface area (Å²) in [5.41, 5.74) is 9.09. The van der Waals surface area contributed by atoms with E-state index < -0.39 is 0 Å². The van der Waals surface area contributed by atoms with Crippen molar-refractivity contribution in [3.05, 3.63) is 46.4 Å². The van der Waals surface area contributed by atoms with Crippen molar-refractivity contribution in [2.75, 3.05) is 5.73 Å². The normalized spacial score (nSPS) is 11.1. The van der Waals surface area contributed by atoms with Crippen LogP contribution in [0.5, 0.6) is 0 Å². The monoisotopic (exact) mass is 291 g/mol. The minimum absolute atomic E-state index is 0.530. The highest BCUT2D eigenvalue weighted by Gasteiger charge is 2.11. The molecule has 0 saturated heterocycles. The second-order valence-electron chi connectivity index (χ2n) is 4.36. The van der Waals surface area contributed by atoms with E-state index in [1.807, 2.05) is 41.9 Å². The smallest absolute Gasteiger partial charge is 0.140 e. The zero-order valence-electron chi connectivity index (χ0n) is 10.2. The van der Waals surface area contributed by atoms with Crippen molar-refractivity contribution in [2.24, 2.45) is 7.05 Å². The molecule has 0 aliphatic rings. The zero-order valence-corrected chi connectivity index (χ0v) is 11.7. The Morgan fingerprint density at radius 3 is 2.63 bits per heavy atom. The molecule has 19 heavy (non-hydrogen) atoms. The van der Waals surface area contributed by atoms with Gasteiger partial charge in [-0.15, -0.1) is 0 Å². The highest BCUT2D eigenvalue weighted by Crippen LogP contribution is 2.29. The van der Waals surface area contributed by atoms with Crippen LogP contribution in [0.1, 0.15) is 0 Å². The molecule has 3 nitrogen and oxygen atoms in total. The molecule has 0 fully saturated rings. The molecular formula is C14H11Cl2N3. The van der Waals surface area contributed by atoms with Crippen LogP contribution in [0.4, 0.5) is 5.69 Å². The van der Waals surface area contributed by atoms with Gasteiger partial charge in [-0.05, 0) is 36.4 Å². The predicted molar refractivity (Wildman–Crippen MR) is 80.6 cm³/mol. The third kappa shape index (κ3) is 2.05. The average molecular weight is 292 g/mol. The van der Waals surface area contributed by atoms with Gasteiger partial charge in [0.05, 0.1) is 21.7 Å². The van der Waals surface area contributed by atoms with Crippen LogP contribution in [-0.2, 0) is 7.05 Å². The Kier molecular flexibility index (Phi) is 2.88. The SMILES string of the molecule is Cn1c(-c2ccc(N)c(Cl)c2)nc2cc(Cl)ccc21. The van der Waals surface area contributed by atoms with Crippen LogP contribution in [0.25, 0.3) is 22.4 Å². The fourth-order valence-corrected chi connectivity index (χ4v) is 2.44. The first-order valence-corrected chi connectivity index (χ1v) is 6.49. The Bertz CT molecular complexity index is 778. The molecule has 0 aliphatic heterocycles. The van der Waals surface area contributed by atoms with Gasteiger partial charge in [0, 0.05) is 17.6 Å². The van der Waals surface area contributed by atoms with Crippen LogP contribution < -0.4 is 5.73 Å². The van der Waals surface area contributed by atoms with Gasteiger partial charge >= 0.3 is 0 Å². The van der Waals surface area contributed by atoms with Gasteiger partial charge in [-0.3, -0.25) is 0 Å². The number of anilines is 1. The molecule has 5 heteroatoms. The molecule has 0 saturated carbocycles. The molecule has 0 amide bonds. The van der Waals surface area contributed by atoms with Crippen molar-refractivity contribution >= 4 is 39.9 Å². The van der Waals surface area contributed by atoms with Crippen LogP contribution in [-0.4, -0.2) is 9.55 Å². The van der Waals surface area contributed by atoms with Crippen molar-refractivity contribution < 1.29 is 0 Å². The number of nitrogens with zero attached hydrogens (tertiary/aromatic N) is 2. The summed E-state index contributed by atoms with van der Waals surface area (Å²) in [7, 11) is 1.96. The molecule has 3 rings (SSSR count). The Labute approximate surface area is 120 Å². The van der Waals surface area contributed by atoms with Crippen LogP contribution in [0, 0.1) is 0 Å². The Morgan fingerprint density at radius 2 is 1.89 bits per heavy atom. The summed E-state index contributed by atoms with van der Waals surface area (Å²) in [6.45, 7) is 0. The highest BCUT2D eigenvalue weighted by atomic mass is 35.5. The number of imidazole rings is 1. The van der Waals surface area contributed by atoms with E-state index in [9.17, 15) is 0 Å². The lowest BCUT2D eigenvalue weighted by Crippen LogP contribution is -1.93. The largest absolute Gasteiger partial charge is 0.398 e. The molecule has 0 atom stereocenters. The van der Waals surface area contributed by atoms with Crippen molar-refractivity contribution in [3.8, 4) is 11.4 Å². The van der Waals surface area contributed by atoms with Crippen LogP contribution >= 0.6 is 23.2 Å².